The van der Waals surface area contributed by atoms with Gasteiger partial charge in [-0.25, -0.2) is 17.8 Å². The van der Waals surface area contributed by atoms with Gasteiger partial charge in [0.1, 0.15) is 16.5 Å². The fraction of sp³-hybridized carbons (Fsp3) is 0.348. The van der Waals surface area contributed by atoms with Crippen molar-refractivity contribution in [3.8, 4) is 17.1 Å². The third kappa shape index (κ3) is 6.00. The third-order valence-electron chi connectivity index (χ3n) is 5.64. The summed E-state index contributed by atoms with van der Waals surface area (Å²) < 4.78 is 46.4. The molecule has 35 heavy (non-hydrogen) atoms. The quantitative estimate of drug-likeness (QED) is 0.330. The Morgan fingerprint density at radius 3 is 2.86 bits per heavy atom. The third-order valence-corrected chi connectivity index (χ3v) is 8.38. The molecule has 1 amide bonds. The van der Waals surface area contributed by atoms with Gasteiger partial charge in [0.15, 0.2) is 5.82 Å². The molecule has 0 saturated carbocycles. The Labute approximate surface area is 207 Å². The lowest BCUT2D eigenvalue weighted by molar-refractivity contribution is -0.125. The number of sulfonamides is 1. The first-order chi connectivity index (χ1) is 16.9. The highest BCUT2D eigenvalue weighted by Gasteiger charge is 2.35. The van der Waals surface area contributed by atoms with Crippen LogP contribution in [0.25, 0.3) is 11.4 Å². The number of nitrogens with zero attached hydrogens (tertiary/aromatic N) is 3. The molecular weight excluding hydrogens is 493 g/mol. The number of rotatable bonds is 9. The Hall–Kier alpha value is -2.96. The Kier molecular flexibility index (Phi) is 8.04. The largest absolute Gasteiger partial charge is 0.495 e. The van der Waals surface area contributed by atoms with Gasteiger partial charge in [-0.15, -0.1) is 5.10 Å². The van der Waals surface area contributed by atoms with E-state index >= 15 is 0 Å². The first-order valence-electron chi connectivity index (χ1n) is 11.1. The van der Waals surface area contributed by atoms with Gasteiger partial charge in [-0.1, -0.05) is 42.1 Å². The molecule has 1 atom stereocenters. The second-order valence-electron chi connectivity index (χ2n) is 7.97. The minimum Gasteiger partial charge on any atom is -0.495 e. The zero-order valence-electron chi connectivity index (χ0n) is 19.1. The van der Waals surface area contributed by atoms with E-state index in [-0.39, 0.29) is 29.6 Å². The van der Waals surface area contributed by atoms with E-state index in [2.05, 4.69) is 20.5 Å². The van der Waals surface area contributed by atoms with Crippen molar-refractivity contribution in [2.45, 2.75) is 22.9 Å². The van der Waals surface area contributed by atoms with Crippen molar-refractivity contribution in [3.63, 3.8) is 0 Å². The Balaban J connectivity index is 1.30. The number of ether oxygens (including phenoxy) is 1. The van der Waals surface area contributed by atoms with E-state index in [0.717, 1.165) is 17.7 Å². The smallest absolute Gasteiger partial charge is 0.246 e. The predicted molar refractivity (Wildman–Crippen MR) is 130 cm³/mol. The van der Waals surface area contributed by atoms with Gasteiger partial charge in [0.2, 0.25) is 21.1 Å². The van der Waals surface area contributed by atoms with Gasteiger partial charge >= 0.3 is 0 Å². The topological polar surface area (TPSA) is 117 Å². The second-order valence-corrected chi connectivity index (χ2v) is 10.9. The first kappa shape index (κ1) is 25.1. The normalized spacial score (nSPS) is 16.7. The maximum absolute atomic E-state index is 13.8. The number of carbonyl (C=O) groups is 1. The van der Waals surface area contributed by atoms with Crippen LogP contribution in [0.1, 0.15) is 12.8 Å². The molecule has 0 aliphatic carbocycles. The molecule has 2 aromatic carbocycles. The monoisotopic (exact) mass is 519 g/mol. The van der Waals surface area contributed by atoms with E-state index in [1.54, 1.807) is 0 Å². The van der Waals surface area contributed by atoms with Gasteiger partial charge in [0.25, 0.3) is 0 Å². The number of aromatic amines is 1. The summed E-state index contributed by atoms with van der Waals surface area (Å²) in [4.78, 5) is 16.9. The van der Waals surface area contributed by atoms with Gasteiger partial charge in [-0.05, 0) is 31.0 Å². The molecule has 1 saturated heterocycles. The molecule has 9 nitrogen and oxygen atoms in total. The van der Waals surface area contributed by atoms with E-state index in [4.69, 9.17) is 4.74 Å². The number of carbonyl (C=O) groups excluding carboxylic acids is 1. The average molecular weight is 520 g/mol. The summed E-state index contributed by atoms with van der Waals surface area (Å²) >= 11 is 1.41. The van der Waals surface area contributed by atoms with Crippen LogP contribution in [0.3, 0.4) is 0 Å². The summed E-state index contributed by atoms with van der Waals surface area (Å²) in [6.45, 7) is 0.679. The van der Waals surface area contributed by atoms with Gasteiger partial charge in [-0.3, -0.25) is 9.89 Å². The van der Waals surface area contributed by atoms with Crippen molar-refractivity contribution >= 4 is 27.7 Å². The highest BCUT2D eigenvalue weighted by Crippen LogP contribution is 2.30. The van der Waals surface area contributed by atoms with E-state index in [1.165, 1.54) is 29.2 Å². The summed E-state index contributed by atoms with van der Waals surface area (Å²) in [5, 5.41) is 10.5. The number of nitrogens with one attached hydrogen (secondary N) is 2. The van der Waals surface area contributed by atoms with Crippen molar-refractivity contribution in [1.82, 2.24) is 24.8 Å². The molecule has 2 N–H and O–H groups in total. The molecule has 4 rings (SSSR count). The standard InChI is InChI=1S/C23H26FN5O4S2/c1-33-19-10-9-18(24)14-20(19)35(31,32)29-12-5-8-17(15-29)22(30)25-11-13-34-23-26-21(27-28-23)16-6-3-2-4-7-16/h2-4,6-7,9-10,14,17H,5,8,11-13,15H2,1H3,(H,25,30)(H,26,27,28). The fourth-order valence-corrected chi connectivity index (χ4v) is 6.21. The number of halogens is 1. The van der Waals surface area contributed by atoms with Crippen LogP contribution in [0, 0.1) is 11.7 Å². The lowest BCUT2D eigenvalue weighted by Gasteiger charge is -2.31. The maximum atomic E-state index is 13.8. The van der Waals surface area contributed by atoms with Gasteiger partial charge < -0.3 is 10.1 Å². The highest BCUT2D eigenvalue weighted by molar-refractivity contribution is 7.99. The van der Waals surface area contributed by atoms with E-state index < -0.39 is 21.8 Å². The van der Waals surface area contributed by atoms with Crippen molar-refractivity contribution in [2.24, 2.45) is 5.92 Å². The second kappa shape index (κ2) is 11.2. The number of H-pyrrole nitrogens is 1. The Morgan fingerprint density at radius 1 is 1.29 bits per heavy atom. The van der Waals surface area contributed by atoms with Crippen LogP contribution in [0.4, 0.5) is 4.39 Å². The zero-order valence-corrected chi connectivity index (χ0v) is 20.7. The molecule has 12 heteroatoms. The van der Waals surface area contributed by atoms with Crippen LogP contribution < -0.4 is 10.1 Å². The zero-order chi connectivity index (χ0) is 24.8. The summed E-state index contributed by atoms with van der Waals surface area (Å²) in [5.41, 5.74) is 0.938. The summed E-state index contributed by atoms with van der Waals surface area (Å²) in [6.07, 6.45) is 1.11. The molecule has 0 spiro atoms. The number of hydrogen-bond acceptors (Lipinski definition) is 7. The number of thioether (sulfide) groups is 1. The molecule has 1 fully saturated rings. The summed E-state index contributed by atoms with van der Waals surface area (Å²) in [7, 11) is -2.68. The number of benzene rings is 2. The molecule has 2 heterocycles. The van der Waals surface area contributed by atoms with E-state index in [9.17, 15) is 17.6 Å². The number of hydrogen-bond donors (Lipinski definition) is 2. The fourth-order valence-electron chi connectivity index (χ4n) is 3.86. The molecule has 1 aromatic heterocycles. The Morgan fingerprint density at radius 2 is 2.09 bits per heavy atom. The van der Waals surface area contributed by atoms with Crippen LogP contribution >= 0.6 is 11.8 Å². The first-order valence-corrected chi connectivity index (χ1v) is 13.5. The predicted octanol–water partition coefficient (Wildman–Crippen LogP) is 2.93. The number of piperidine rings is 1. The number of amides is 1. The lowest BCUT2D eigenvalue weighted by atomic mass is 9.99. The van der Waals surface area contributed by atoms with E-state index in [1.807, 2.05) is 30.3 Å². The summed E-state index contributed by atoms with van der Waals surface area (Å²) in [6, 6.07) is 13.0. The lowest BCUT2D eigenvalue weighted by Crippen LogP contribution is -2.45. The SMILES string of the molecule is COc1ccc(F)cc1S(=O)(=O)N1CCCC(C(=O)NCCSc2n[nH]c(-c3ccccc3)n2)C1. The molecule has 1 unspecified atom stereocenters. The number of methoxy groups -OCH3 is 1. The Bertz CT molecular complexity index is 1270. The van der Waals surface area contributed by atoms with Crippen molar-refractivity contribution in [1.29, 1.82) is 0 Å². The van der Waals surface area contributed by atoms with Crippen LogP contribution in [0.15, 0.2) is 58.6 Å². The van der Waals surface area contributed by atoms with Crippen LogP contribution in [0.5, 0.6) is 5.75 Å². The van der Waals surface area contributed by atoms with Crippen LogP contribution in [-0.2, 0) is 14.8 Å². The van der Waals surface area contributed by atoms with Crippen molar-refractivity contribution < 1.29 is 22.3 Å². The molecule has 0 bridgehead atoms. The van der Waals surface area contributed by atoms with Gasteiger partial charge in [-0.2, -0.15) is 4.31 Å². The van der Waals surface area contributed by atoms with E-state index in [0.29, 0.717) is 36.1 Å². The minimum absolute atomic E-state index is 0.0301. The number of aromatic nitrogens is 3. The molecule has 186 valence electrons. The van der Waals surface area contributed by atoms with Gasteiger partial charge in [0.05, 0.1) is 13.0 Å². The van der Waals surface area contributed by atoms with Crippen LogP contribution in [0.2, 0.25) is 0 Å². The van der Waals surface area contributed by atoms with Crippen molar-refractivity contribution in [3.05, 3.63) is 54.3 Å². The summed E-state index contributed by atoms with van der Waals surface area (Å²) in [5.74, 6) is -0.0658. The molecular formula is C23H26FN5O4S2. The maximum Gasteiger partial charge on any atom is 0.246 e. The highest BCUT2D eigenvalue weighted by atomic mass is 32.2. The average Bonchev–Trinajstić information content (AvgIpc) is 3.36. The molecule has 3 aromatic rings. The molecule has 0 radical (unpaired) electrons. The minimum atomic E-state index is -4.01. The van der Waals surface area contributed by atoms with Gasteiger partial charge in [0, 0.05) is 31.0 Å². The van der Waals surface area contributed by atoms with Crippen molar-refractivity contribution in [2.75, 3.05) is 32.5 Å². The van der Waals surface area contributed by atoms with Crippen LogP contribution in [-0.4, -0.2) is 66.3 Å². The molecule has 1 aliphatic rings. The molecule has 1 aliphatic heterocycles.